The molecule has 0 aliphatic heterocycles. The Hall–Kier alpha value is 2.05. The molecule has 0 aliphatic rings. The molecule has 0 unspecified atom stereocenters. The molecular weight excluding hydrogens is 419 g/mol. The molecule has 0 spiro atoms. The summed E-state index contributed by atoms with van der Waals surface area (Å²) >= 11 is 0. The zero-order valence-corrected chi connectivity index (χ0v) is 26.1. The molecule has 3 N–H and O–H groups in total. The molecule has 1 rings (SSSR count). The van der Waals surface area contributed by atoms with Crippen molar-refractivity contribution in [1.29, 1.82) is 0 Å². The van der Waals surface area contributed by atoms with Gasteiger partial charge in [0.05, 0.1) is 18.1 Å². The zero-order chi connectivity index (χ0) is 19.5. The predicted octanol–water partition coefficient (Wildman–Crippen LogP) is 3.11. The quantitative estimate of drug-likeness (QED) is 0.255. The molecule has 1 aromatic carbocycles. The van der Waals surface area contributed by atoms with Crippen molar-refractivity contribution in [2.75, 3.05) is 19.8 Å². The van der Waals surface area contributed by atoms with Crippen molar-refractivity contribution in [1.82, 2.24) is 0 Å². The van der Waals surface area contributed by atoms with E-state index < -0.39 is 10.1 Å². The molecule has 0 heterocycles. The van der Waals surface area contributed by atoms with Crippen LogP contribution in [-0.4, -0.2) is 122 Å². The molecule has 0 saturated carbocycles. The van der Waals surface area contributed by atoms with E-state index >= 15 is 0 Å². The van der Waals surface area contributed by atoms with Crippen LogP contribution in [0, 0.1) is 0 Å². The predicted molar refractivity (Wildman–Crippen MR) is 125 cm³/mol. The molecule has 155 valence electrons. The minimum Gasteiger partial charge on any atom is -0.395 e. The normalized spacial score (nSPS) is 9.90. The largest absolute Gasteiger partial charge is 0.395 e. The minimum absolute atomic E-state index is 0. The summed E-state index contributed by atoms with van der Waals surface area (Å²) in [7, 11) is -3.57. The minimum atomic E-state index is -3.57. The summed E-state index contributed by atoms with van der Waals surface area (Å²) in [4.78, 5) is 0.238. The van der Waals surface area contributed by atoms with Gasteiger partial charge >= 0.3 is 0 Å². The molecule has 9 heteroatoms. The van der Waals surface area contributed by atoms with Gasteiger partial charge in [-0.1, -0.05) is 82.9 Å². The number of benzene rings is 1. The summed E-state index contributed by atoms with van der Waals surface area (Å²) in [5, 5.41) is 7.75. The number of aliphatic hydroxyl groups is 1. The fourth-order valence-corrected chi connectivity index (χ4v) is 3.38. The van der Waals surface area contributed by atoms with E-state index in [0.717, 1.165) is 12.8 Å². The number of rotatable bonds is 14. The molecule has 0 aromatic heterocycles. The molecule has 1 aromatic rings. The Kier molecular flexibility index (Phi) is 37.1. The monoisotopic (exact) mass is 456 g/mol. The number of aliphatic hydroxyl groups excluding tert-OH is 1. The molecule has 3 radical (unpaired) electrons. The van der Waals surface area contributed by atoms with Gasteiger partial charge < -0.3 is 10.8 Å². The second kappa shape index (κ2) is 28.1. The van der Waals surface area contributed by atoms with Crippen LogP contribution in [0.15, 0.2) is 35.2 Å². The summed E-state index contributed by atoms with van der Waals surface area (Å²) in [5.74, 6) is 0. The molecule has 0 saturated heterocycles. The van der Waals surface area contributed by atoms with Crippen LogP contribution >= 0.6 is 0 Å². The van der Waals surface area contributed by atoms with Crippen LogP contribution in [0.25, 0.3) is 0 Å². The first-order valence-electron chi connectivity index (χ1n) is 9.84. The van der Waals surface area contributed by atoms with Crippen molar-refractivity contribution in [2.45, 2.75) is 76.0 Å². The first-order valence-corrected chi connectivity index (χ1v) is 11.2. The van der Waals surface area contributed by atoms with Crippen molar-refractivity contribution >= 4 is 98.8 Å². The van der Waals surface area contributed by atoms with Crippen LogP contribution in [0.4, 0.5) is 0 Å². The Morgan fingerprint density at radius 1 is 0.828 bits per heavy atom. The van der Waals surface area contributed by atoms with Crippen molar-refractivity contribution in [3.8, 4) is 0 Å². The standard InChI is InChI=1S/C18H30O3S.C2H7NO.3Na/c1-2-3-4-5-6-7-8-9-10-14-17-21-22(19,20)18-15-12-11-13-16-18;3-1-2-4;;;/h11-13,15-16H,2-10,14,17H2,1H3;4H,1-3H2;;;. The first kappa shape index (κ1) is 38.3. The van der Waals surface area contributed by atoms with Crippen LogP contribution in [0.3, 0.4) is 0 Å². The maximum absolute atomic E-state index is 11.9. The summed E-state index contributed by atoms with van der Waals surface area (Å²) < 4.78 is 28.8. The fraction of sp³-hybridized carbons (Fsp3) is 0.700. The summed E-state index contributed by atoms with van der Waals surface area (Å²) in [6.45, 7) is 2.99. The maximum atomic E-state index is 11.9. The zero-order valence-electron chi connectivity index (χ0n) is 19.2. The van der Waals surface area contributed by atoms with Crippen molar-refractivity contribution in [2.24, 2.45) is 5.73 Å². The van der Waals surface area contributed by atoms with Crippen LogP contribution in [0.1, 0.15) is 71.1 Å². The van der Waals surface area contributed by atoms with E-state index in [2.05, 4.69) is 6.92 Å². The van der Waals surface area contributed by atoms with Crippen LogP contribution in [-0.2, 0) is 14.3 Å². The van der Waals surface area contributed by atoms with E-state index in [-0.39, 0.29) is 107 Å². The fourth-order valence-electron chi connectivity index (χ4n) is 2.41. The average molecular weight is 457 g/mol. The van der Waals surface area contributed by atoms with Gasteiger partial charge in [-0.3, -0.25) is 4.18 Å². The van der Waals surface area contributed by atoms with Gasteiger partial charge in [0, 0.05) is 95.2 Å². The molecular formula is C20H37NNa3O4S. The van der Waals surface area contributed by atoms with E-state index in [0.29, 0.717) is 6.54 Å². The van der Waals surface area contributed by atoms with E-state index in [1.54, 1.807) is 30.3 Å². The molecule has 29 heavy (non-hydrogen) atoms. The van der Waals surface area contributed by atoms with Crippen LogP contribution < -0.4 is 5.73 Å². The third-order valence-electron chi connectivity index (χ3n) is 3.90. The van der Waals surface area contributed by atoms with Crippen LogP contribution in [0.2, 0.25) is 0 Å². The van der Waals surface area contributed by atoms with Gasteiger partial charge in [0.15, 0.2) is 0 Å². The molecule has 5 nitrogen and oxygen atoms in total. The first-order chi connectivity index (χ1) is 12.6. The molecule has 0 bridgehead atoms. The Morgan fingerprint density at radius 3 is 1.66 bits per heavy atom. The van der Waals surface area contributed by atoms with Gasteiger partial charge in [-0.2, -0.15) is 8.42 Å². The third-order valence-corrected chi connectivity index (χ3v) is 5.22. The maximum Gasteiger partial charge on any atom is 0.296 e. The average Bonchev–Trinajstić information content (AvgIpc) is 2.67. The SMILES string of the molecule is CCCCCCCCCCCCOS(=O)(=O)c1ccccc1.NCCO.[Na].[Na].[Na]. The second-order valence-electron chi connectivity index (χ2n) is 6.28. The Bertz CT molecular complexity index is 518. The smallest absolute Gasteiger partial charge is 0.296 e. The number of unbranched alkanes of at least 4 members (excludes halogenated alkanes) is 9. The molecule has 0 fully saturated rings. The topological polar surface area (TPSA) is 89.6 Å². The van der Waals surface area contributed by atoms with Gasteiger partial charge in [-0.15, -0.1) is 0 Å². The van der Waals surface area contributed by atoms with Crippen molar-refractivity contribution in [3.05, 3.63) is 30.3 Å². The van der Waals surface area contributed by atoms with Gasteiger partial charge in [0.1, 0.15) is 0 Å². The molecule has 0 aliphatic carbocycles. The van der Waals surface area contributed by atoms with Gasteiger partial charge in [-0.25, -0.2) is 0 Å². The third kappa shape index (κ3) is 24.5. The number of hydrogen-bond donors (Lipinski definition) is 2. The number of hydrogen-bond acceptors (Lipinski definition) is 5. The summed E-state index contributed by atoms with van der Waals surface area (Å²) in [6.07, 6.45) is 12.3. The summed E-state index contributed by atoms with van der Waals surface area (Å²) in [6, 6.07) is 8.33. The second-order valence-corrected chi connectivity index (χ2v) is 7.90. The van der Waals surface area contributed by atoms with Crippen LogP contribution in [0.5, 0.6) is 0 Å². The van der Waals surface area contributed by atoms with Gasteiger partial charge in [-0.05, 0) is 18.6 Å². The van der Waals surface area contributed by atoms with Crippen molar-refractivity contribution in [3.63, 3.8) is 0 Å². The van der Waals surface area contributed by atoms with E-state index in [1.165, 1.54) is 51.4 Å². The van der Waals surface area contributed by atoms with Gasteiger partial charge in [0.2, 0.25) is 0 Å². The Balaban J connectivity index is -0.000000408. The molecule has 0 amide bonds. The Labute approximate surface area is 245 Å². The summed E-state index contributed by atoms with van der Waals surface area (Å²) in [5.41, 5.74) is 4.78. The molecule has 0 atom stereocenters. The van der Waals surface area contributed by atoms with Crippen molar-refractivity contribution < 1.29 is 17.7 Å². The van der Waals surface area contributed by atoms with E-state index in [1.807, 2.05) is 0 Å². The number of nitrogens with two attached hydrogens (primary N) is 1. The Morgan fingerprint density at radius 2 is 1.24 bits per heavy atom. The van der Waals surface area contributed by atoms with Gasteiger partial charge in [0.25, 0.3) is 10.1 Å². The van der Waals surface area contributed by atoms with E-state index in [4.69, 9.17) is 15.0 Å². The van der Waals surface area contributed by atoms with E-state index in [9.17, 15) is 8.42 Å².